The summed E-state index contributed by atoms with van der Waals surface area (Å²) in [7, 11) is 0. The summed E-state index contributed by atoms with van der Waals surface area (Å²) in [6, 6.07) is 10.2. The first-order valence-electron chi connectivity index (χ1n) is 7.17. The maximum atomic E-state index is 14.2. The molecule has 5 heteroatoms. The van der Waals surface area contributed by atoms with E-state index in [0.29, 0.717) is 26.2 Å². The normalized spacial score (nSPS) is 18.4. The monoisotopic (exact) mass is 293 g/mol. The van der Waals surface area contributed by atoms with Crippen LogP contribution in [0, 0.1) is 11.3 Å². The lowest BCUT2D eigenvalue weighted by molar-refractivity contribution is -0.0513. The molecule has 0 unspecified atom stereocenters. The Morgan fingerprint density at radius 1 is 1.10 bits per heavy atom. The molecule has 0 N–H and O–H groups in total. The Labute approximate surface area is 124 Å². The number of halogens is 2. The van der Waals surface area contributed by atoms with Crippen LogP contribution in [0.4, 0.5) is 8.78 Å². The van der Waals surface area contributed by atoms with Gasteiger partial charge in [-0.25, -0.2) is 0 Å². The fraction of sp³-hybridized carbons (Fsp3) is 0.562. The number of nitrogens with zero attached hydrogens (tertiary/aromatic N) is 3. The van der Waals surface area contributed by atoms with Gasteiger partial charge < -0.3 is 0 Å². The molecule has 2 rings (SSSR count). The molecule has 0 aromatic heterocycles. The van der Waals surface area contributed by atoms with Crippen LogP contribution in [0.3, 0.4) is 0 Å². The number of benzene rings is 1. The summed E-state index contributed by atoms with van der Waals surface area (Å²) in [6.07, 6.45) is 0. The lowest BCUT2D eigenvalue weighted by Gasteiger charge is -2.41. The molecular weight excluding hydrogens is 272 g/mol. The Morgan fingerprint density at radius 3 is 2.19 bits per heavy atom. The van der Waals surface area contributed by atoms with Gasteiger partial charge in [0.1, 0.15) is 5.54 Å². The summed E-state index contributed by atoms with van der Waals surface area (Å²) in [4.78, 5) is 3.82. The van der Waals surface area contributed by atoms with E-state index in [1.54, 1.807) is 23.1 Å². The fourth-order valence-electron chi connectivity index (χ4n) is 2.59. The zero-order chi connectivity index (χ0) is 15.5. The molecule has 0 saturated carbocycles. The van der Waals surface area contributed by atoms with E-state index in [1.807, 2.05) is 18.7 Å². The highest BCUT2D eigenvalue weighted by Crippen LogP contribution is 2.29. The summed E-state index contributed by atoms with van der Waals surface area (Å²) in [6.45, 7) is 5.87. The molecule has 0 spiro atoms. The maximum absolute atomic E-state index is 14.2. The summed E-state index contributed by atoms with van der Waals surface area (Å²) < 4.78 is 28.5. The smallest absolute Gasteiger partial charge is 0.285 e. The number of hydrogen-bond donors (Lipinski definition) is 0. The lowest BCUT2D eigenvalue weighted by Crippen LogP contribution is -2.55. The second-order valence-electron chi connectivity index (χ2n) is 6.00. The Bertz CT molecular complexity index is 500. The minimum Gasteiger partial charge on any atom is -0.295 e. The summed E-state index contributed by atoms with van der Waals surface area (Å²) in [5.41, 5.74) is -0.474. The molecule has 0 aliphatic carbocycles. The van der Waals surface area contributed by atoms with Crippen LogP contribution in [-0.2, 0) is 5.92 Å². The van der Waals surface area contributed by atoms with Crippen molar-refractivity contribution < 1.29 is 8.78 Å². The van der Waals surface area contributed by atoms with Crippen LogP contribution in [0.25, 0.3) is 0 Å². The van der Waals surface area contributed by atoms with E-state index in [4.69, 9.17) is 5.26 Å². The molecule has 3 nitrogen and oxygen atoms in total. The van der Waals surface area contributed by atoms with E-state index in [-0.39, 0.29) is 12.1 Å². The first-order valence-corrected chi connectivity index (χ1v) is 7.17. The van der Waals surface area contributed by atoms with E-state index in [2.05, 4.69) is 6.07 Å². The molecule has 1 aromatic rings. The van der Waals surface area contributed by atoms with Crippen LogP contribution in [0.15, 0.2) is 30.3 Å². The quantitative estimate of drug-likeness (QED) is 0.855. The average Bonchev–Trinajstić information content (AvgIpc) is 2.48. The molecule has 1 heterocycles. The van der Waals surface area contributed by atoms with E-state index >= 15 is 0 Å². The molecule has 1 aliphatic heterocycles. The van der Waals surface area contributed by atoms with Crippen molar-refractivity contribution in [2.75, 3.05) is 32.7 Å². The minimum atomic E-state index is -2.84. The summed E-state index contributed by atoms with van der Waals surface area (Å²) in [5.74, 6) is -2.84. The van der Waals surface area contributed by atoms with E-state index in [9.17, 15) is 8.78 Å². The van der Waals surface area contributed by atoms with Gasteiger partial charge in [0.15, 0.2) is 0 Å². The predicted octanol–water partition coefficient (Wildman–Crippen LogP) is 2.70. The van der Waals surface area contributed by atoms with Gasteiger partial charge in [-0.05, 0) is 13.8 Å². The van der Waals surface area contributed by atoms with Crippen molar-refractivity contribution in [3.63, 3.8) is 0 Å². The highest BCUT2D eigenvalue weighted by atomic mass is 19.3. The summed E-state index contributed by atoms with van der Waals surface area (Å²) in [5, 5.41) is 9.12. The third kappa shape index (κ3) is 3.78. The predicted molar refractivity (Wildman–Crippen MR) is 78.0 cm³/mol. The highest BCUT2D eigenvalue weighted by molar-refractivity contribution is 5.20. The second kappa shape index (κ2) is 6.08. The third-order valence-electron chi connectivity index (χ3n) is 4.05. The van der Waals surface area contributed by atoms with E-state index in [1.165, 1.54) is 12.1 Å². The number of rotatable bonds is 4. The fourth-order valence-corrected chi connectivity index (χ4v) is 2.59. The molecule has 0 bridgehead atoms. The summed E-state index contributed by atoms with van der Waals surface area (Å²) >= 11 is 0. The molecule has 0 amide bonds. The maximum Gasteiger partial charge on any atom is 0.285 e. The van der Waals surface area contributed by atoms with Crippen LogP contribution >= 0.6 is 0 Å². The molecule has 0 atom stereocenters. The van der Waals surface area contributed by atoms with Gasteiger partial charge >= 0.3 is 0 Å². The largest absolute Gasteiger partial charge is 0.295 e. The lowest BCUT2D eigenvalue weighted by atomic mass is 10.0. The van der Waals surface area contributed by atoms with Crippen LogP contribution in [-0.4, -0.2) is 48.1 Å². The van der Waals surface area contributed by atoms with Gasteiger partial charge in [0, 0.05) is 31.7 Å². The highest BCUT2D eigenvalue weighted by Gasteiger charge is 2.36. The Hall–Kier alpha value is -1.51. The third-order valence-corrected chi connectivity index (χ3v) is 4.05. The molecule has 21 heavy (non-hydrogen) atoms. The van der Waals surface area contributed by atoms with E-state index < -0.39 is 11.5 Å². The zero-order valence-electron chi connectivity index (χ0n) is 12.5. The number of hydrogen-bond acceptors (Lipinski definition) is 3. The molecule has 114 valence electrons. The van der Waals surface area contributed by atoms with Gasteiger partial charge in [-0.2, -0.15) is 14.0 Å². The van der Waals surface area contributed by atoms with Crippen molar-refractivity contribution in [3.8, 4) is 6.07 Å². The topological polar surface area (TPSA) is 30.3 Å². The number of nitriles is 1. The van der Waals surface area contributed by atoms with Crippen molar-refractivity contribution in [2.45, 2.75) is 25.3 Å². The Kier molecular flexibility index (Phi) is 4.60. The van der Waals surface area contributed by atoms with Gasteiger partial charge in [-0.1, -0.05) is 30.3 Å². The average molecular weight is 293 g/mol. The molecule has 0 radical (unpaired) electrons. The van der Waals surface area contributed by atoms with Crippen molar-refractivity contribution in [1.29, 1.82) is 5.26 Å². The van der Waals surface area contributed by atoms with Crippen LogP contribution in [0.5, 0.6) is 0 Å². The van der Waals surface area contributed by atoms with Gasteiger partial charge in [-0.3, -0.25) is 9.80 Å². The van der Waals surface area contributed by atoms with Crippen LogP contribution in [0.1, 0.15) is 19.4 Å². The number of alkyl halides is 2. The zero-order valence-corrected chi connectivity index (χ0v) is 12.5. The molecular formula is C16H21F2N3. The van der Waals surface area contributed by atoms with E-state index in [0.717, 1.165) is 0 Å². The van der Waals surface area contributed by atoms with Gasteiger partial charge in [0.05, 0.1) is 12.6 Å². The van der Waals surface area contributed by atoms with Gasteiger partial charge in [0.25, 0.3) is 5.92 Å². The van der Waals surface area contributed by atoms with Crippen molar-refractivity contribution >= 4 is 0 Å². The first-order chi connectivity index (χ1) is 9.85. The van der Waals surface area contributed by atoms with Crippen molar-refractivity contribution in [2.24, 2.45) is 0 Å². The van der Waals surface area contributed by atoms with Crippen LogP contribution in [0.2, 0.25) is 0 Å². The number of piperazine rings is 1. The SMILES string of the molecule is CC(C)(C#N)N1CCN(CC(F)(F)c2ccccc2)CC1. The van der Waals surface area contributed by atoms with Gasteiger partial charge in [0.2, 0.25) is 0 Å². The second-order valence-corrected chi connectivity index (χ2v) is 6.00. The van der Waals surface area contributed by atoms with Gasteiger partial charge in [-0.15, -0.1) is 0 Å². The first kappa shape index (κ1) is 15.9. The van der Waals surface area contributed by atoms with Crippen molar-refractivity contribution in [1.82, 2.24) is 9.80 Å². The molecule has 1 saturated heterocycles. The Morgan fingerprint density at radius 2 is 1.67 bits per heavy atom. The standard InChI is InChI=1S/C16H21F2N3/c1-15(2,12-19)21-10-8-20(9-11-21)13-16(17,18)14-6-4-3-5-7-14/h3-7H,8-11,13H2,1-2H3. The molecule has 1 aliphatic rings. The van der Waals surface area contributed by atoms with Crippen molar-refractivity contribution in [3.05, 3.63) is 35.9 Å². The molecule has 1 aromatic carbocycles. The Balaban J connectivity index is 1.94. The van der Waals surface area contributed by atoms with Crippen LogP contribution < -0.4 is 0 Å². The minimum absolute atomic E-state index is 0.0600. The molecule has 1 fully saturated rings.